The first-order valence-corrected chi connectivity index (χ1v) is 6.23. The largest absolute Gasteiger partial charge is 0.252 e. The molecule has 1 radical (unpaired) electrons. The van der Waals surface area contributed by atoms with Crippen molar-refractivity contribution in [3.8, 4) is 0 Å². The maximum absolute atomic E-state index is 12.5. The Kier molecular flexibility index (Phi) is 2.25. The van der Waals surface area contributed by atoms with E-state index in [0.29, 0.717) is 5.96 Å². The van der Waals surface area contributed by atoms with Gasteiger partial charge in [0.1, 0.15) is 5.52 Å². The minimum Gasteiger partial charge on any atom is -0.240 e. The van der Waals surface area contributed by atoms with Gasteiger partial charge in [0.05, 0.1) is 16.6 Å². The summed E-state index contributed by atoms with van der Waals surface area (Å²) in [7, 11) is 0. The topological polar surface area (TPSA) is 66.2 Å². The number of hydroxylamine groups is 2. The van der Waals surface area contributed by atoms with Crippen LogP contribution in [0.2, 0.25) is 0 Å². The van der Waals surface area contributed by atoms with Crippen molar-refractivity contribution >= 4 is 17.0 Å². The molecule has 0 spiro atoms. The predicted octanol–water partition coefficient (Wildman–Crippen LogP) is 1.85. The van der Waals surface area contributed by atoms with Gasteiger partial charge in [-0.3, -0.25) is 0 Å². The van der Waals surface area contributed by atoms with Crippen molar-refractivity contribution in [1.82, 2.24) is 20.1 Å². The highest BCUT2D eigenvalue weighted by Crippen LogP contribution is 2.37. The monoisotopic (exact) mass is 258 g/mol. The maximum atomic E-state index is 12.5. The molecule has 1 aliphatic rings. The Labute approximate surface area is 111 Å². The van der Waals surface area contributed by atoms with Crippen molar-refractivity contribution in [2.75, 3.05) is 0 Å². The van der Waals surface area contributed by atoms with Crippen LogP contribution in [0.25, 0.3) is 11.0 Å². The molecule has 2 aromatic rings. The number of aliphatic imine (C=N–C) groups is 1. The third-order valence-electron chi connectivity index (χ3n) is 4.11. The summed E-state index contributed by atoms with van der Waals surface area (Å²) < 4.78 is 1.51. The summed E-state index contributed by atoms with van der Waals surface area (Å²) in [6, 6.07) is 7.52. The van der Waals surface area contributed by atoms with Crippen LogP contribution >= 0.6 is 0 Å². The summed E-state index contributed by atoms with van der Waals surface area (Å²) in [5, 5.41) is 21.5. The molecule has 0 N–H and O–H groups in total. The van der Waals surface area contributed by atoms with Crippen molar-refractivity contribution in [1.29, 1.82) is 0 Å². The van der Waals surface area contributed by atoms with E-state index in [9.17, 15) is 5.21 Å². The molecule has 1 aliphatic heterocycles. The van der Waals surface area contributed by atoms with Crippen LogP contribution in [0, 0.1) is 0 Å². The number of nitrogens with zero attached hydrogens (tertiary/aromatic N) is 5. The normalized spacial score (nSPS) is 20.9. The fourth-order valence-corrected chi connectivity index (χ4v) is 2.08. The van der Waals surface area contributed by atoms with Gasteiger partial charge in [0.2, 0.25) is 0 Å². The molecular formula is C13H16N5O. The van der Waals surface area contributed by atoms with E-state index in [-0.39, 0.29) is 0 Å². The van der Waals surface area contributed by atoms with Gasteiger partial charge in [-0.1, -0.05) is 22.6 Å². The summed E-state index contributed by atoms with van der Waals surface area (Å²) in [6.45, 7) is 7.67. The minimum absolute atomic E-state index is 0.295. The van der Waals surface area contributed by atoms with E-state index in [1.807, 2.05) is 52.0 Å². The number of fused-ring (bicyclic) bond motifs is 1. The maximum Gasteiger partial charge on any atom is 0.252 e. The number of aromatic nitrogens is 3. The Morgan fingerprint density at radius 3 is 2.42 bits per heavy atom. The fourth-order valence-electron chi connectivity index (χ4n) is 2.08. The molecule has 0 bridgehead atoms. The summed E-state index contributed by atoms with van der Waals surface area (Å²) >= 11 is 0. The molecule has 0 atom stereocenters. The number of para-hydroxylation sites is 1. The Hall–Kier alpha value is -1.95. The van der Waals surface area contributed by atoms with Gasteiger partial charge in [-0.25, -0.2) is 4.99 Å². The SMILES string of the molecule is CC1(C)N=C(n2nnc3ccccc32)N([O])C1(C)C. The first-order valence-electron chi connectivity index (χ1n) is 6.23. The third kappa shape index (κ3) is 1.49. The standard InChI is InChI=1S/C13H16N5O/c1-12(2)13(3,4)18(19)11(14-12)17-10-8-6-5-7-9(10)15-16-17/h5-8H,1-4H3. The Bertz CT molecular complexity index is 670. The molecule has 0 saturated heterocycles. The summed E-state index contributed by atoms with van der Waals surface area (Å²) in [4.78, 5) is 4.54. The first kappa shape index (κ1) is 12.1. The Morgan fingerprint density at radius 1 is 1.11 bits per heavy atom. The van der Waals surface area contributed by atoms with Gasteiger partial charge in [-0.05, 0) is 39.8 Å². The molecule has 99 valence electrons. The smallest absolute Gasteiger partial charge is 0.240 e. The van der Waals surface area contributed by atoms with Gasteiger partial charge in [-0.2, -0.15) is 9.75 Å². The molecule has 3 rings (SSSR count). The van der Waals surface area contributed by atoms with E-state index in [1.165, 1.54) is 4.68 Å². The molecule has 6 heteroatoms. The molecule has 0 saturated carbocycles. The van der Waals surface area contributed by atoms with E-state index >= 15 is 0 Å². The molecule has 2 heterocycles. The molecule has 6 nitrogen and oxygen atoms in total. The molecular weight excluding hydrogens is 242 g/mol. The number of benzene rings is 1. The predicted molar refractivity (Wildman–Crippen MR) is 71.0 cm³/mol. The zero-order valence-electron chi connectivity index (χ0n) is 11.5. The highest BCUT2D eigenvalue weighted by molar-refractivity contribution is 5.92. The Balaban J connectivity index is 2.18. The third-order valence-corrected chi connectivity index (χ3v) is 4.11. The quantitative estimate of drug-likeness (QED) is 0.724. The second-order valence-corrected chi connectivity index (χ2v) is 5.81. The zero-order chi connectivity index (χ0) is 13.8. The number of hydrogen-bond acceptors (Lipinski definition) is 4. The second kappa shape index (κ2) is 3.54. The average Bonchev–Trinajstić information content (AvgIpc) is 2.84. The lowest BCUT2D eigenvalue weighted by molar-refractivity contribution is -0.161. The van der Waals surface area contributed by atoms with Gasteiger partial charge >= 0.3 is 0 Å². The summed E-state index contributed by atoms with van der Waals surface area (Å²) in [5.74, 6) is 0.295. The van der Waals surface area contributed by atoms with Gasteiger partial charge in [0.25, 0.3) is 5.96 Å². The molecule has 1 aromatic carbocycles. The number of hydrogen-bond donors (Lipinski definition) is 0. The Morgan fingerprint density at radius 2 is 1.79 bits per heavy atom. The van der Waals surface area contributed by atoms with Crippen LogP contribution in [0.5, 0.6) is 0 Å². The first-order chi connectivity index (χ1) is 8.84. The van der Waals surface area contributed by atoms with Crippen molar-refractivity contribution in [2.45, 2.75) is 38.8 Å². The second-order valence-electron chi connectivity index (χ2n) is 5.81. The van der Waals surface area contributed by atoms with E-state index in [4.69, 9.17) is 0 Å². The van der Waals surface area contributed by atoms with E-state index in [2.05, 4.69) is 15.3 Å². The lowest BCUT2D eigenvalue weighted by atomic mass is 9.84. The van der Waals surface area contributed by atoms with Crippen molar-refractivity contribution < 1.29 is 5.21 Å². The van der Waals surface area contributed by atoms with Crippen molar-refractivity contribution in [3.05, 3.63) is 24.3 Å². The van der Waals surface area contributed by atoms with Gasteiger partial charge < -0.3 is 0 Å². The molecule has 0 aliphatic carbocycles. The highest BCUT2D eigenvalue weighted by atomic mass is 16.5. The molecule has 0 amide bonds. The van der Waals surface area contributed by atoms with Crippen molar-refractivity contribution in [3.63, 3.8) is 0 Å². The van der Waals surface area contributed by atoms with Gasteiger partial charge in [0.15, 0.2) is 0 Å². The van der Waals surface area contributed by atoms with Crippen LogP contribution in [0.4, 0.5) is 0 Å². The van der Waals surface area contributed by atoms with Crippen LogP contribution in [0.3, 0.4) is 0 Å². The molecule has 1 aromatic heterocycles. The summed E-state index contributed by atoms with van der Waals surface area (Å²) in [6.07, 6.45) is 0. The molecule has 19 heavy (non-hydrogen) atoms. The van der Waals surface area contributed by atoms with Gasteiger partial charge in [0, 0.05) is 0 Å². The zero-order valence-corrected chi connectivity index (χ0v) is 11.5. The highest BCUT2D eigenvalue weighted by Gasteiger charge is 2.51. The lowest BCUT2D eigenvalue weighted by Crippen LogP contribution is -2.51. The van der Waals surface area contributed by atoms with E-state index in [1.54, 1.807) is 0 Å². The summed E-state index contributed by atoms with van der Waals surface area (Å²) in [5.41, 5.74) is 0.448. The number of rotatable bonds is 0. The van der Waals surface area contributed by atoms with Crippen LogP contribution < -0.4 is 0 Å². The van der Waals surface area contributed by atoms with Gasteiger partial charge in [-0.15, -0.1) is 5.10 Å². The molecule has 0 unspecified atom stereocenters. The minimum atomic E-state index is -0.616. The van der Waals surface area contributed by atoms with Crippen LogP contribution in [0.1, 0.15) is 27.7 Å². The lowest BCUT2D eigenvalue weighted by Gasteiger charge is -2.34. The average molecular weight is 258 g/mol. The van der Waals surface area contributed by atoms with E-state index < -0.39 is 11.1 Å². The van der Waals surface area contributed by atoms with Crippen molar-refractivity contribution in [2.24, 2.45) is 4.99 Å². The molecule has 0 fully saturated rings. The fraction of sp³-hybridized carbons (Fsp3) is 0.462. The van der Waals surface area contributed by atoms with Crippen LogP contribution in [0.15, 0.2) is 29.3 Å². The van der Waals surface area contributed by atoms with Crippen LogP contribution in [-0.4, -0.2) is 37.1 Å². The van der Waals surface area contributed by atoms with E-state index in [0.717, 1.165) is 16.1 Å². The van der Waals surface area contributed by atoms with Crippen LogP contribution in [-0.2, 0) is 5.21 Å².